The molecule has 1 aliphatic heterocycles. The number of nitrogens with one attached hydrogen (secondary N) is 6. The number of aromatic hydroxyl groups is 1. The predicted molar refractivity (Wildman–Crippen MR) is 312 cm³/mol. The number of nitrogens with two attached hydrogens (primary N) is 3. The topological polar surface area (TPSA) is 368 Å². The summed E-state index contributed by atoms with van der Waals surface area (Å²) in [6, 6.07) is 19.4. The molecule has 0 bridgehead atoms. The second-order valence-corrected chi connectivity index (χ2v) is 23.1. The van der Waals surface area contributed by atoms with Gasteiger partial charge >= 0.3 is 0 Å². The van der Waals surface area contributed by atoms with Crippen molar-refractivity contribution in [1.29, 1.82) is 0 Å². The Hall–Kier alpha value is -7.31. The Morgan fingerprint density at radius 3 is 2.05 bits per heavy atom. The van der Waals surface area contributed by atoms with Gasteiger partial charge in [-0.3, -0.25) is 43.2 Å². The van der Waals surface area contributed by atoms with E-state index in [9.17, 15) is 48.6 Å². The Morgan fingerprint density at radius 2 is 1.38 bits per heavy atom. The molecular formula is C58H75N9O12S2. The Morgan fingerprint density at radius 1 is 0.753 bits per heavy atom. The molecule has 4 aromatic carbocycles. The molecule has 9 atom stereocenters. The number of ketones is 2. The number of rotatable bonds is 17. The molecule has 0 saturated carbocycles. The van der Waals surface area contributed by atoms with Crippen LogP contribution in [0.3, 0.4) is 0 Å². The van der Waals surface area contributed by atoms with Gasteiger partial charge in [-0.15, -0.1) is 0 Å². The number of amides is 6. The standard InChI is InChI=1S/C56H71N9O10S2.C2H4O2/c1-31(2)49-48(69)27-39(53(72)65-50(32(3)66)51(59)70)29-76-77-30-46(63-54(73)42(58)24-34-15-18-35-10-4-5-11-36(35)23-34)47(68)26-37(22-33-16-19-40(67)20-17-33)52(71)62-45(25-38-28-60-43-13-7-6-12-41(38)43)56(75)61-44(55(74)64-49)14-8-9-21-57;1-2(3)4/h4-7,10-13,15-20,23,28,31-32,37,39,42,44-46,49-50,60,66-67H,8-9,14,21-22,24-27,29-30,57-58H2,1-3H3,(H2,59,70)(H,61,75)(H,62,71)(H,63,73)(H,64,74)(H,65,72);1H3,(H,3,4)/t32-,37-,39-,42-,44+,45-,46-,49+,50+;/m1./s1. The van der Waals surface area contributed by atoms with Crippen LogP contribution >= 0.6 is 21.6 Å². The molecule has 81 heavy (non-hydrogen) atoms. The zero-order valence-electron chi connectivity index (χ0n) is 45.9. The lowest BCUT2D eigenvalue weighted by atomic mass is 9.90. The van der Waals surface area contributed by atoms with Gasteiger partial charge in [-0.1, -0.05) is 108 Å². The number of phenolic OH excluding ortho intramolecular Hbond substituents is 1. The zero-order valence-corrected chi connectivity index (χ0v) is 47.5. The number of aliphatic hydroxyl groups excluding tert-OH is 1. The molecule has 23 heteroatoms. The van der Waals surface area contributed by atoms with Crippen molar-refractivity contribution < 1.29 is 58.5 Å². The molecule has 1 saturated heterocycles. The molecule has 0 aliphatic carbocycles. The summed E-state index contributed by atoms with van der Waals surface area (Å²) in [4.78, 5) is 126. The number of aromatic amines is 1. The van der Waals surface area contributed by atoms with Crippen LogP contribution in [0.1, 0.15) is 76.5 Å². The van der Waals surface area contributed by atoms with Crippen LogP contribution in [-0.4, -0.2) is 134 Å². The van der Waals surface area contributed by atoms with E-state index in [0.717, 1.165) is 55.8 Å². The molecule has 15 N–H and O–H groups in total. The highest BCUT2D eigenvalue weighted by atomic mass is 33.1. The van der Waals surface area contributed by atoms with Crippen LogP contribution in [0.25, 0.3) is 21.7 Å². The Balaban J connectivity index is 0.00000291. The van der Waals surface area contributed by atoms with Gasteiger partial charge in [-0.2, -0.15) is 0 Å². The quantitative estimate of drug-likeness (QED) is 0.0470. The number of hydrogen-bond acceptors (Lipinski definition) is 15. The third-order valence-corrected chi connectivity index (χ3v) is 16.2. The number of carboxylic acid groups (broad SMARTS) is 1. The summed E-state index contributed by atoms with van der Waals surface area (Å²) in [6.07, 6.45) is 0.484. The summed E-state index contributed by atoms with van der Waals surface area (Å²) < 4.78 is 0. The third kappa shape index (κ3) is 20.0. The third-order valence-electron chi connectivity index (χ3n) is 13.7. The minimum absolute atomic E-state index is 0.0252. The fourth-order valence-electron chi connectivity index (χ4n) is 9.24. The largest absolute Gasteiger partial charge is 0.508 e. The minimum atomic E-state index is -1.50. The fourth-order valence-corrected chi connectivity index (χ4v) is 11.7. The highest BCUT2D eigenvalue weighted by Gasteiger charge is 2.37. The van der Waals surface area contributed by atoms with Gasteiger partial charge in [0.15, 0.2) is 11.6 Å². The van der Waals surface area contributed by atoms with Crippen molar-refractivity contribution in [3.63, 3.8) is 0 Å². The van der Waals surface area contributed by atoms with Crippen molar-refractivity contribution in [3.05, 3.63) is 114 Å². The number of carbonyl (C=O) groups excluding carboxylic acids is 8. The van der Waals surface area contributed by atoms with Crippen LogP contribution in [0.15, 0.2) is 97.2 Å². The average molecular weight is 1150 g/mol. The molecule has 1 aromatic heterocycles. The van der Waals surface area contributed by atoms with Gasteiger partial charge in [0.2, 0.25) is 35.4 Å². The van der Waals surface area contributed by atoms with Crippen molar-refractivity contribution in [3.8, 4) is 5.75 Å². The number of Topliss-reactive ketones (excluding diaryl/α,β-unsaturated/α-hetero) is 2. The molecule has 1 aliphatic rings. The van der Waals surface area contributed by atoms with Crippen LogP contribution in [0.4, 0.5) is 0 Å². The normalized spacial score (nSPS) is 21.1. The molecule has 5 aromatic rings. The number of benzene rings is 4. The number of primary amides is 1. The van der Waals surface area contributed by atoms with E-state index in [0.29, 0.717) is 30.5 Å². The van der Waals surface area contributed by atoms with Crippen LogP contribution in [0.2, 0.25) is 0 Å². The number of para-hydroxylation sites is 1. The van der Waals surface area contributed by atoms with Gasteiger partial charge in [0.1, 0.15) is 23.9 Å². The maximum Gasteiger partial charge on any atom is 0.300 e. The maximum absolute atomic E-state index is 14.9. The smallest absolute Gasteiger partial charge is 0.300 e. The Labute approximate surface area is 478 Å². The SMILES string of the molecule is CC(=O)O.CC(C)[C@@H]1NC(=O)[C@H](CCCCN)NC(=O)[C@@H](Cc2c[nH]c3ccccc23)NC(=O)[C@H](Cc2ccc(O)cc2)CC(=O)[C@H](NC(=O)[C@H](N)Cc2ccc3ccccc3c2)CSSC[C@H](C(=O)N[C@H](C(N)=O)[C@@H](C)O)CC1=O. The molecule has 436 valence electrons. The van der Waals surface area contributed by atoms with E-state index in [1.165, 1.54) is 19.1 Å². The lowest BCUT2D eigenvalue weighted by Gasteiger charge is -2.29. The predicted octanol–water partition coefficient (Wildman–Crippen LogP) is 3.09. The highest BCUT2D eigenvalue weighted by molar-refractivity contribution is 8.76. The van der Waals surface area contributed by atoms with Gasteiger partial charge < -0.3 is 64.1 Å². The molecule has 6 rings (SSSR count). The number of aromatic nitrogens is 1. The van der Waals surface area contributed by atoms with E-state index < -0.39 is 126 Å². The molecule has 0 radical (unpaired) electrons. The summed E-state index contributed by atoms with van der Waals surface area (Å²) in [5.74, 6) is -9.56. The number of aliphatic carboxylic acids is 1. The second kappa shape index (κ2) is 31.6. The van der Waals surface area contributed by atoms with Crippen molar-refractivity contribution in [2.24, 2.45) is 35.0 Å². The van der Waals surface area contributed by atoms with Crippen LogP contribution in [-0.2, 0) is 62.4 Å². The lowest BCUT2D eigenvalue weighted by Crippen LogP contribution is -2.57. The first kappa shape index (κ1) is 64.5. The number of aliphatic hydroxyl groups is 1. The molecule has 6 amide bonds. The van der Waals surface area contributed by atoms with Gasteiger partial charge in [0, 0.05) is 60.7 Å². The number of carboxylic acids is 1. The van der Waals surface area contributed by atoms with E-state index >= 15 is 0 Å². The monoisotopic (exact) mass is 1150 g/mol. The van der Waals surface area contributed by atoms with E-state index in [1.807, 2.05) is 66.7 Å². The first-order chi connectivity index (χ1) is 38.5. The molecule has 0 unspecified atom stereocenters. The van der Waals surface area contributed by atoms with Crippen LogP contribution < -0.4 is 43.8 Å². The summed E-state index contributed by atoms with van der Waals surface area (Å²) >= 11 is 0. The second-order valence-electron chi connectivity index (χ2n) is 20.6. The first-order valence-corrected chi connectivity index (χ1v) is 29.3. The van der Waals surface area contributed by atoms with Crippen LogP contribution in [0.5, 0.6) is 5.75 Å². The van der Waals surface area contributed by atoms with Gasteiger partial charge in [0.25, 0.3) is 5.97 Å². The van der Waals surface area contributed by atoms with E-state index in [2.05, 4.69) is 31.6 Å². The number of H-pyrrole nitrogens is 1. The van der Waals surface area contributed by atoms with Crippen molar-refractivity contribution in [2.75, 3.05) is 18.1 Å². The number of phenols is 1. The van der Waals surface area contributed by atoms with Crippen LogP contribution in [0, 0.1) is 17.8 Å². The lowest BCUT2D eigenvalue weighted by molar-refractivity contribution is -0.136. The molecule has 21 nitrogen and oxygen atoms in total. The number of carbonyl (C=O) groups is 9. The highest BCUT2D eigenvalue weighted by Crippen LogP contribution is 2.29. The minimum Gasteiger partial charge on any atom is -0.508 e. The summed E-state index contributed by atoms with van der Waals surface area (Å²) in [5, 5.41) is 44.5. The zero-order chi connectivity index (χ0) is 59.3. The van der Waals surface area contributed by atoms with Gasteiger partial charge in [-0.25, -0.2) is 0 Å². The average Bonchev–Trinajstić information content (AvgIpc) is 3.88. The molecule has 2 heterocycles. The Kier molecular flexibility index (Phi) is 25.2. The molecule has 1 fully saturated rings. The van der Waals surface area contributed by atoms with E-state index in [4.69, 9.17) is 27.1 Å². The first-order valence-electron chi connectivity index (χ1n) is 26.8. The number of unbranched alkanes of at least 4 members (excludes halogenated alkanes) is 1. The summed E-state index contributed by atoms with van der Waals surface area (Å²) in [5.41, 5.74) is 20.7. The van der Waals surface area contributed by atoms with E-state index in [1.54, 1.807) is 32.2 Å². The fraction of sp³-hybridized carbons (Fsp3) is 0.431. The maximum atomic E-state index is 14.9. The molecular weight excluding hydrogens is 1080 g/mol. The van der Waals surface area contributed by atoms with Crippen molar-refractivity contribution >= 4 is 96.2 Å². The van der Waals surface area contributed by atoms with Gasteiger partial charge in [0.05, 0.1) is 30.1 Å². The number of fused-ring (bicyclic) bond motifs is 2. The van der Waals surface area contributed by atoms with E-state index in [-0.39, 0.29) is 42.9 Å². The summed E-state index contributed by atoms with van der Waals surface area (Å²) in [7, 11) is 2.20. The molecule has 0 spiro atoms. The number of hydrogen-bond donors (Lipinski definition) is 12. The van der Waals surface area contributed by atoms with Crippen molar-refractivity contribution in [2.45, 2.75) is 121 Å². The van der Waals surface area contributed by atoms with Crippen molar-refractivity contribution in [1.82, 2.24) is 31.6 Å². The van der Waals surface area contributed by atoms with Gasteiger partial charge in [-0.05, 0) is 97.2 Å². The summed E-state index contributed by atoms with van der Waals surface area (Å²) in [6.45, 7) is 6.07. The Bertz CT molecular complexity index is 2990.